The van der Waals surface area contributed by atoms with Gasteiger partial charge < -0.3 is 10.2 Å². The summed E-state index contributed by atoms with van der Waals surface area (Å²) in [5, 5.41) is 16.8. The molecule has 0 radical (unpaired) electrons. The number of hydrogen-bond acceptors (Lipinski definition) is 6. The number of aromatic nitrogens is 4. The molecule has 1 atom stereocenters. The van der Waals surface area contributed by atoms with Gasteiger partial charge in [-0.2, -0.15) is 5.26 Å². The summed E-state index contributed by atoms with van der Waals surface area (Å²) < 4.78 is 1.37. The quantitative estimate of drug-likeness (QED) is 0.754. The molecule has 1 saturated heterocycles. The van der Waals surface area contributed by atoms with Crippen LogP contribution >= 0.6 is 0 Å². The van der Waals surface area contributed by atoms with Crippen molar-refractivity contribution >= 4 is 22.5 Å². The van der Waals surface area contributed by atoms with E-state index < -0.39 is 0 Å². The molecular formula is C19H19N7O. The maximum Gasteiger partial charge on any atom is 0.252 e. The van der Waals surface area contributed by atoms with Gasteiger partial charge in [0, 0.05) is 35.9 Å². The van der Waals surface area contributed by atoms with Gasteiger partial charge in [-0.1, -0.05) is 6.07 Å². The van der Waals surface area contributed by atoms with Crippen molar-refractivity contribution in [2.24, 2.45) is 0 Å². The van der Waals surface area contributed by atoms with Crippen molar-refractivity contribution in [3.63, 3.8) is 0 Å². The third-order valence-corrected chi connectivity index (χ3v) is 4.67. The van der Waals surface area contributed by atoms with Crippen LogP contribution in [0, 0.1) is 18.3 Å². The zero-order chi connectivity index (χ0) is 18.8. The number of aryl methyl sites for hydroxylation is 1. The molecular weight excluding hydrogens is 342 g/mol. The third-order valence-electron chi connectivity index (χ3n) is 4.67. The number of hydrogen-bond donors (Lipinski definition) is 1. The Morgan fingerprint density at radius 2 is 2.26 bits per heavy atom. The zero-order valence-electron chi connectivity index (χ0n) is 15.0. The van der Waals surface area contributed by atoms with Gasteiger partial charge in [-0.05, 0) is 37.6 Å². The number of amides is 1. The molecule has 8 heteroatoms. The topological polar surface area (TPSA) is 99.7 Å². The fourth-order valence-electron chi connectivity index (χ4n) is 3.37. The van der Waals surface area contributed by atoms with Gasteiger partial charge in [0.25, 0.3) is 5.82 Å². The highest BCUT2D eigenvalue weighted by molar-refractivity contribution is 5.83. The Bertz CT molecular complexity index is 1040. The number of carbonyl (C=O) groups is 1. The lowest BCUT2D eigenvalue weighted by Gasteiger charge is -2.19. The third kappa shape index (κ3) is 3.72. The number of nitriles is 1. The van der Waals surface area contributed by atoms with E-state index in [0.29, 0.717) is 0 Å². The van der Waals surface area contributed by atoms with Crippen molar-refractivity contribution < 1.29 is 4.79 Å². The first-order chi connectivity index (χ1) is 13.1. The number of carbonyl (C=O) groups excluding carboxylic acids is 1. The minimum absolute atomic E-state index is 0.0617. The SMILES string of the molecule is Cc1ccc2cc(N3CC[C@H](NC(=O)Cn4cnc(C#N)n4)C3)ccc2n1. The summed E-state index contributed by atoms with van der Waals surface area (Å²) in [5.41, 5.74) is 3.14. The average Bonchev–Trinajstić information content (AvgIpc) is 3.30. The van der Waals surface area contributed by atoms with Crippen molar-refractivity contribution in [3.8, 4) is 6.07 Å². The molecule has 0 bridgehead atoms. The smallest absolute Gasteiger partial charge is 0.252 e. The summed E-state index contributed by atoms with van der Waals surface area (Å²) in [6.45, 7) is 3.70. The molecule has 136 valence electrons. The molecule has 1 aromatic carbocycles. The lowest BCUT2D eigenvalue weighted by molar-refractivity contribution is -0.122. The first-order valence-corrected chi connectivity index (χ1v) is 8.82. The van der Waals surface area contributed by atoms with Crippen LogP contribution in [0.25, 0.3) is 10.9 Å². The van der Waals surface area contributed by atoms with Crippen LogP contribution in [0.2, 0.25) is 0 Å². The second kappa shape index (κ2) is 7.03. The highest BCUT2D eigenvalue weighted by Gasteiger charge is 2.24. The number of benzene rings is 1. The van der Waals surface area contributed by atoms with Gasteiger partial charge in [0.05, 0.1) is 5.52 Å². The fraction of sp³-hybridized carbons (Fsp3) is 0.316. The number of pyridine rings is 1. The number of rotatable bonds is 4. The molecule has 1 amide bonds. The molecule has 8 nitrogen and oxygen atoms in total. The molecule has 4 rings (SSSR count). The van der Waals surface area contributed by atoms with E-state index in [1.165, 1.54) is 11.0 Å². The molecule has 1 aliphatic heterocycles. The molecule has 0 unspecified atom stereocenters. The standard InChI is InChI=1S/C19H19N7O/c1-13-2-3-14-8-16(4-5-17(14)22-13)25-7-6-15(10-25)23-19(27)11-26-12-21-18(9-20)24-26/h2-5,8,12,15H,6-7,10-11H2,1H3,(H,23,27)/t15-/m0/s1. The Morgan fingerprint density at radius 3 is 3.07 bits per heavy atom. The van der Waals surface area contributed by atoms with E-state index in [1.807, 2.05) is 25.1 Å². The Balaban J connectivity index is 1.37. The number of nitrogens with zero attached hydrogens (tertiary/aromatic N) is 6. The van der Waals surface area contributed by atoms with Gasteiger partial charge in [-0.3, -0.25) is 9.78 Å². The van der Waals surface area contributed by atoms with Gasteiger partial charge >= 0.3 is 0 Å². The molecule has 0 spiro atoms. The van der Waals surface area contributed by atoms with Gasteiger partial charge in [-0.15, -0.1) is 5.10 Å². The summed E-state index contributed by atoms with van der Waals surface area (Å²) in [5.74, 6) is -0.0646. The molecule has 3 aromatic rings. The summed E-state index contributed by atoms with van der Waals surface area (Å²) in [6.07, 6.45) is 2.28. The average molecular weight is 361 g/mol. The molecule has 0 saturated carbocycles. The van der Waals surface area contributed by atoms with Crippen LogP contribution in [-0.4, -0.2) is 44.8 Å². The van der Waals surface area contributed by atoms with Crippen LogP contribution in [0.3, 0.4) is 0 Å². The summed E-state index contributed by atoms with van der Waals surface area (Å²) in [6, 6.07) is 12.3. The lowest BCUT2D eigenvalue weighted by Crippen LogP contribution is -2.39. The maximum atomic E-state index is 12.2. The minimum atomic E-state index is -0.130. The van der Waals surface area contributed by atoms with Crippen LogP contribution in [0.4, 0.5) is 5.69 Å². The number of nitrogens with one attached hydrogen (secondary N) is 1. The Morgan fingerprint density at radius 1 is 1.37 bits per heavy atom. The Kier molecular flexibility index (Phi) is 4.42. The molecule has 0 aliphatic carbocycles. The Hall–Kier alpha value is -3.47. The van der Waals surface area contributed by atoms with Gasteiger partial charge in [0.2, 0.25) is 5.91 Å². The molecule has 1 aliphatic rings. The summed E-state index contributed by atoms with van der Waals surface area (Å²) in [7, 11) is 0. The van der Waals surface area contributed by atoms with Gasteiger partial charge in [0.1, 0.15) is 18.9 Å². The number of anilines is 1. The van der Waals surface area contributed by atoms with Crippen LogP contribution in [0.1, 0.15) is 17.9 Å². The van der Waals surface area contributed by atoms with E-state index in [1.54, 1.807) is 0 Å². The van der Waals surface area contributed by atoms with Crippen LogP contribution in [0.15, 0.2) is 36.7 Å². The van der Waals surface area contributed by atoms with E-state index in [-0.39, 0.29) is 24.3 Å². The molecule has 1 fully saturated rings. The van der Waals surface area contributed by atoms with E-state index in [9.17, 15) is 4.79 Å². The molecule has 27 heavy (non-hydrogen) atoms. The minimum Gasteiger partial charge on any atom is -0.369 e. The van der Waals surface area contributed by atoms with Gasteiger partial charge in [-0.25, -0.2) is 9.67 Å². The molecule has 3 heterocycles. The van der Waals surface area contributed by atoms with Crippen molar-refractivity contribution in [2.45, 2.75) is 25.9 Å². The highest BCUT2D eigenvalue weighted by Crippen LogP contribution is 2.24. The van der Waals surface area contributed by atoms with Crippen molar-refractivity contribution in [1.29, 1.82) is 5.26 Å². The van der Waals surface area contributed by atoms with Crippen molar-refractivity contribution in [1.82, 2.24) is 25.1 Å². The highest BCUT2D eigenvalue weighted by atomic mass is 16.2. The second-order valence-electron chi connectivity index (χ2n) is 6.71. The fourth-order valence-corrected chi connectivity index (χ4v) is 3.37. The van der Waals surface area contributed by atoms with E-state index >= 15 is 0 Å². The van der Waals surface area contributed by atoms with Gasteiger partial charge in [0.15, 0.2) is 0 Å². The van der Waals surface area contributed by atoms with E-state index in [4.69, 9.17) is 5.26 Å². The Labute approximate surface area is 156 Å². The second-order valence-corrected chi connectivity index (χ2v) is 6.71. The predicted molar refractivity (Wildman–Crippen MR) is 100.0 cm³/mol. The lowest BCUT2D eigenvalue weighted by atomic mass is 10.1. The zero-order valence-corrected chi connectivity index (χ0v) is 15.0. The van der Waals surface area contributed by atoms with Crippen LogP contribution < -0.4 is 10.2 Å². The van der Waals surface area contributed by atoms with Crippen molar-refractivity contribution in [2.75, 3.05) is 18.0 Å². The monoisotopic (exact) mass is 361 g/mol. The molecule has 1 N–H and O–H groups in total. The molecule has 2 aromatic heterocycles. The largest absolute Gasteiger partial charge is 0.369 e. The summed E-state index contributed by atoms with van der Waals surface area (Å²) >= 11 is 0. The number of fused-ring (bicyclic) bond motifs is 1. The van der Waals surface area contributed by atoms with Crippen molar-refractivity contribution in [3.05, 3.63) is 48.2 Å². The first kappa shape index (κ1) is 17.0. The maximum absolute atomic E-state index is 12.2. The first-order valence-electron chi connectivity index (χ1n) is 8.82. The normalized spacial score (nSPS) is 16.4. The van der Waals surface area contributed by atoms with Crippen LogP contribution in [0.5, 0.6) is 0 Å². The van der Waals surface area contributed by atoms with E-state index in [2.05, 4.69) is 43.5 Å². The van der Waals surface area contributed by atoms with E-state index in [0.717, 1.165) is 41.8 Å². The summed E-state index contributed by atoms with van der Waals surface area (Å²) in [4.78, 5) is 22.8. The van der Waals surface area contributed by atoms with Crippen LogP contribution in [-0.2, 0) is 11.3 Å². The predicted octanol–water partition coefficient (Wildman–Crippen LogP) is 1.40.